The van der Waals surface area contributed by atoms with Gasteiger partial charge in [0.2, 0.25) is 0 Å². The number of benzene rings is 1. The molecule has 1 nitrogen and oxygen atoms in total. The lowest BCUT2D eigenvalue weighted by atomic mass is 9.78. The average Bonchev–Trinajstić information content (AvgIpc) is 2.73. The van der Waals surface area contributed by atoms with Gasteiger partial charge in [0.25, 0.3) is 0 Å². The number of rotatable bonds is 1. The first-order valence-corrected chi connectivity index (χ1v) is 6.56. The number of aromatic nitrogens is 1. The summed E-state index contributed by atoms with van der Waals surface area (Å²) in [6.07, 6.45) is 8.12. The van der Waals surface area contributed by atoms with Crippen LogP contribution in [0.3, 0.4) is 0 Å². The van der Waals surface area contributed by atoms with E-state index < -0.39 is 0 Å². The molecule has 16 heavy (non-hydrogen) atoms. The fraction of sp³-hybridized carbons (Fsp3) is 0.467. The zero-order valence-corrected chi connectivity index (χ0v) is 9.55. The molecule has 4 rings (SSSR count). The molecule has 0 unspecified atom stereocenters. The number of H-pyrrole nitrogens is 1. The molecule has 82 valence electrons. The number of aryl methyl sites for hydroxylation is 2. The second kappa shape index (κ2) is 3.13. The number of fused-ring (bicyclic) bond motifs is 3. The fourth-order valence-electron chi connectivity index (χ4n) is 3.39. The van der Waals surface area contributed by atoms with Gasteiger partial charge >= 0.3 is 0 Å². The second-order valence-electron chi connectivity index (χ2n) is 5.33. The number of aromatic amines is 1. The molecule has 0 aliphatic heterocycles. The predicted octanol–water partition coefficient (Wildman–Crippen LogP) is 3.92. The zero-order chi connectivity index (χ0) is 10.5. The molecule has 1 aromatic carbocycles. The van der Waals surface area contributed by atoms with Crippen LogP contribution in [-0.4, -0.2) is 4.98 Å². The highest BCUT2D eigenvalue weighted by Gasteiger charge is 2.25. The van der Waals surface area contributed by atoms with E-state index in [1.807, 2.05) is 0 Å². The van der Waals surface area contributed by atoms with Crippen molar-refractivity contribution in [3.63, 3.8) is 0 Å². The van der Waals surface area contributed by atoms with Gasteiger partial charge in [-0.3, -0.25) is 0 Å². The summed E-state index contributed by atoms with van der Waals surface area (Å²) in [6, 6.07) is 6.83. The van der Waals surface area contributed by atoms with Crippen LogP contribution in [0.4, 0.5) is 0 Å². The zero-order valence-electron chi connectivity index (χ0n) is 9.55. The second-order valence-corrected chi connectivity index (χ2v) is 5.33. The normalized spacial score (nSPS) is 20.0. The van der Waals surface area contributed by atoms with Crippen LogP contribution < -0.4 is 0 Å². The van der Waals surface area contributed by atoms with E-state index >= 15 is 0 Å². The molecule has 1 N–H and O–H groups in total. The van der Waals surface area contributed by atoms with Crippen molar-refractivity contribution in [1.29, 1.82) is 0 Å². The Balaban J connectivity index is 2.00. The van der Waals surface area contributed by atoms with E-state index in [-0.39, 0.29) is 0 Å². The highest BCUT2D eigenvalue weighted by molar-refractivity contribution is 5.89. The highest BCUT2D eigenvalue weighted by Crippen LogP contribution is 2.42. The molecular formula is C15H17N. The molecule has 0 bridgehead atoms. The predicted molar refractivity (Wildman–Crippen MR) is 66.9 cm³/mol. The Hall–Kier alpha value is -1.24. The van der Waals surface area contributed by atoms with Gasteiger partial charge in [-0.25, -0.2) is 0 Å². The summed E-state index contributed by atoms with van der Waals surface area (Å²) < 4.78 is 0. The lowest BCUT2D eigenvalue weighted by molar-refractivity contribution is 0.422. The van der Waals surface area contributed by atoms with E-state index in [2.05, 4.69) is 23.2 Å². The summed E-state index contributed by atoms with van der Waals surface area (Å²) >= 11 is 0. The van der Waals surface area contributed by atoms with Crippen molar-refractivity contribution in [3.8, 4) is 0 Å². The molecule has 0 amide bonds. The van der Waals surface area contributed by atoms with E-state index in [0.717, 1.165) is 5.92 Å². The topological polar surface area (TPSA) is 15.8 Å². The standard InChI is InChI=1S/C15H17N/c1-4-10(5-1)11-6-2-9-14-15(11)12-7-3-8-13(12)16-14/h2,6,9-10,16H,1,3-5,7-8H2. The van der Waals surface area contributed by atoms with Crippen LogP contribution in [0.15, 0.2) is 18.2 Å². The van der Waals surface area contributed by atoms with Gasteiger partial charge in [-0.05, 0) is 55.2 Å². The van der Waals surface area contributed by atoms with Gasteiger partial charge in [0.05, 0.1) is 0 Å². The Morgan fingerprint density at radius 1 is 1.06 bits per heavy atom. The van der Waals surface area contributed by atoms with Gasteiger partial charge in [0.15, 0.2) is 0 Å². The summed E-state index contributed by atoms with van der Waals surface area (Å²) in [5.74, 6) is 0.851. The molecule has 0 saturated heterocycles. The van der Waals surface area contributed by atoms with E-state index in [9.17, 15) is 0 Å². The molecule has 2 aliphatic rings. The van der Waals surface area contributed by atoms with Gasteiger partial charge in [0.1, 0.15) is 0 Å². The van der Waals surface area contributed by atoms with Gasteiger partial charge < -0.3 is 4.98 Å². The van der Waals surface area contributed by atoms with E-state index in [1.165, 1.54) is 49.7 Å². The number of nitrogens with one attached hydrogen (secondary N) is 1. The SMILES string of the molecule is c1cc(C2CCC2)c2c3c([nH]c2c1)CCC3. The van der Waals surface area contributed by atoms with Crippen LogP contribution in [-0.2, 0) is 12.8 Å². The summed E-state index contributed by atoms with van der Waals surface area (Å²) in [6.45, 7) is 0. The maximum absolute atomic E-state index is 3.62. The average molecular weight is 211 g/mol. The van der Waals surface area contributed by atoms with Crippen molar-refractivity contribution in [2.75, 3.05) is 0 Å². The molecular weight excluding hydrogens is 194 g/mol. The Bertz CT molecular complexity index is 546. The van der Waals surface area contributed by atoms with Crippen molar-refractivity contribution in [1.82, 2.24) is 4.98 Å². The largest absolute Gasteiger partial charge is 0.358 e. The summed E-state index contributed by atoms with van der Waals surface area (Å²) in [7, 11) is 0. The van der Waals surface area contributed by atoms with Gasteiger partial charge in [0, 0.05) is 16.6 Å². The minimum absolute atomic E-state index is 0.851. The Morgan fingerprint density at radius 3 is 2.81 bits per heavy atom. The maximum Gasteiger partial charge on any atom is 0.0461 e. The van der Waals surface area contributed by atoms with Crippen molar-refractivity contribution in [3.05, 3.63) is 35.0 Å². The summed E-state index contributed by atoms with van der Waals surface area (Å²) in [5.41, 5.74) is 6.16. The van der Waals surface area contributed by atoms with Crippen molar-refractivity contribution >= 4 is 10.9 Å². The Morgan fingerprint density at radius 2 is 2.00 bits per heavy atom. The van der Waals surface area contributed by atoms with Crippen LogP contribution in [0.1, 0.15) is 48.4 Å². The first-order chi connectivity index (χ1) is 7.93. The molecule has 1 aromatic heterocycles. The fourth-order valence-corrected chi connectivity index (χ4v) is 3.39. The molecule has 1 saturated carbocycles. The first kappa shape index (κ1) is 8.86. The number of hydrogen-bond acceptors (Lipinski definition) is 0. The third-order valence-electron chi connectivity index (χ3n) is 4.45. The Labute approximate surface area is 95.9 Å². The minimum Gasteiger partial charge on any atom is -0.358 e. The van der Waals surface area contributed by atoms with Crippen LogP contribution in [0.5, 0.6) is 0 Å². The lowest BCUT2D eigenvalue weighted by Gasteiger charge is -2.26. The van der Waals surface area contributed by atoms with Crippen molar-refractivity contribution < 1.29 is 0 Å². The molecule has 0 radical (unpaired) electrons. The third-order valence-corrected chi connectivity index (χ3v) is 4.45. The summed E-state index contributed by atoms with van der Waals surface area (Å²) in [4.78, 5) is 3.62. The molecule has 2 aromatic rings. The molecule has 2 aliphatic carbocycles. The van der Waals surface area contributed by atoms with Crippen molar-refractivity contribution in [2.45, 2.75) is 44.4 Å². The molecule has 1 fully saturated rings. The highest BCUT2D eigenvalue weighted by atomic mass is 14.7. The minimum atomic E-state index is 0.851. The molecule has 1 heteroatoms. The van der Waals surface area contributed by atoms with Crippen LogP contribution in [0, 0.1) is 0 Å². The van der Waals surface area contributed by atoms with Gasteiger partial charge in [-0.15, -0.1) is 0 Å². The number of hydrogen-bond donors (Lipinski definition) is 1. The maximum atomic E-state index is 3.62. The van der Waals surface area contributed by atoms with E-state index in [0.29, 0.717) is 0 Å². The van der Waals surface area contributed by atoms with Crippen LogP contribution in [0.25, 0.3) is 10.9 Å². The van der Waals surface area contributed by atoms with Crippen LogP contribution >= 0.6 is 0 Å². The Kier molecular flexibility index (Phi) is 1.73. The van der Waals surface area contributed by atoms with Crippen molar-refractivity contribution in [2.24, 2.45) is 0 Å². The lowest BCUT2D eigenvalue weighted by Crippen LogP contribution is -2.09. The summed E-state index contributed by atoms with van der Waals surface area (Å²) in [5, 5.41) is 1.58. The van der Waals surface area contributed by atoms with Gasteiger partial charge in [-0.2, -0.15) is 0 Å². The monoisotopic (exact) mass is 211 g/mol. The van der Waals surface area contributed by atoms with E-state index in [1.54, 1.807) is 16.5 Å². The smallest absolute Gasteiger partial charge is 0.0461 e. The molecule has 0 atom stereocenters. The van der Waals surface area contributed by atoms with Gasteiger partial charge in [-0.1, -0.05) is 18.6 Å². The third kappa shape index (κ3) is 1.06. The quantitative estimate of drug-likeness (QED) is 0.735. The van der Waals surface area contributed by atoms with E-state index in [4.69, 9.17) is 0 Å². The first-order valence-electron chi connectivity index (χ1n) is 6.56. The molecule has 0 spiro atoms. The molecule has 1 heterocycles. The van der Waals surface area contributed by atoms with Crippen LogP contribution in [0.2, 0.25) is 0 Å².